The number of aliphatic hydroxyl groups is 1. The van der Waals surface area contributed by atoms with Gasteiger partial charge in [-0.15, -0.1) is 0 Å². The van der Waals surface area contributed by atoms with Crippen molar-refractivity contribution in [3.8, 4) is 0 Å². The lowest BCUT2D eigenvalue weighted by Gasteiger charge is -2.14. The van der Waals surface area contributed by atoms with Crippen LogP contribution in [0, 0.1) is 25.5 Å². The van der Waals surface area contributed by atoms with Gasteiger partial charge in [-0.25, -0.2) is 8.78 Å². The summed E-state index contributed by atoms with van der Waals surface area (Å²) < 4.78 is 29.1. The number of aryl methyl sites for hydroxylation is 2. The van der Waals surface area contributed by atoms with E-state index >= 15 is 0 Å². The Kier molecular flexibility index (Phi) is 3.17. The number of hydrogen-bond acceptors (Lipinski definition) is 2. The van der Waals surface area contributed by atoms with Crippen molar-refractivity contribution < 1.29 is 13.9 Å². The van der Waals surface area contributed by atoms with Crippen molar-refractivity contribution in [2.24, 2.45) is 7.05 Å². The van der Waals surface area contributed by atoms with E-state index in [1.54, 1.807) is 18.7 Å². The molecule has 0 saturated heterocycles. The number of rotatable bonds is 2. The summed E-state index contributed by atoms with van der Waals surface area (Å²) in [6.45, 7) is 3.26. The van der Waals surface area contributed by atoms with Crippen LogP contribution in [0.2, 0.25) is 0 Å². The average Bonchev–Trinajstić information content (AvgIpc) is 2.65. The van der Waals surface area contributed by atoms with Crippen molar-refractivity contribution in [3.63, 3.8) is 0 Å². The quantitative estimate of drug-likeness (QED) is 0.891. The SMILES string of the molecule is Cc1ccc(F)c(C(O)c2cnn(C)c2C)c1F. The number of nitrogens with zero attached hydrogens (tertiary/aromatic N) is 2. The van der Waals surface area contributed by atoms with Crippen LogP contribution in [-0.4, -0.2) is 14.9 Å². The van der Waals surface area contributed by atoms with E-state index in [4.69, 9.17) is 0 Å². The van der Waals surface area contributed by atoms with E-state index in [0.29, 0.717) is 16.8 Å². The van der Waals surface area contributed by atoms with Crippen LogP contribution in [0.1, 0.15) is 28.5 Å². The smallest absolute Gasteiger partial charge is 0.135 e. The molecular weight excluding hydrogens is 238 g/mol. The Morgan fingerprint density at radius 3 is 2.50 bits per heavy atom. The van der Waals surface area contributed by atoms with Crippen molar-refractivity contribution in [1.82, 2.24) is 9.78 Å². The molecule has 96 valence electrons. The summed E-state index contributed by atoms with van der Waals surface area (Å²) in [6, 6.07) is 2.50. The van der Waals surface area contributed by atoms with Crippen LogP contribution in [0.4, 0.5) is 8.78 Å². The Balaban J connectivity index is 2.56. The zero-order chi connectivity index (χ0) is 13.4. The Bertz CT molecular complexity index is 593. The number of aliphatic hydroxyl groups excluding tert-OH is 1. The summed E-state index contributed by atoms with van der Waals surface area (Å²) >= 11 is 0. The monoisotopic (exact) mass is 252 g/mol. The van der Waals surface area contributed by atoms with E-state index in [9.17, 15) is 13.9 Å². The van der Waals surface area contributed by atoms with Crippen LogP contribution in [-0.2, 0) is 7.05 Å². The molecule has 3 nitrogen and oxygen atoms in total. The van der Waals surface area contributed by atoms with Gasteiger partial charge in [-0.3, -0.25) is 4.68 Å². The van der Waals surface area contributed by atoms with E-state index in [1.165, 1.54) is 19.2 Å². The first-order valence-electron chi connectivity index (χ1n) is 5.54. The lowest BCUT2D eigenvalue weighted by atomic mass is 9.99. The van der Waals surface area contributed by atoms with Crippen LogP contribution in [0.25, 0.3) is 0 Å². The molecule has 18 heavy (non-hydrogen) atoms. The highest BCUT2D eigenvalue weighted by atomic mass is 19.1. The molecule has 1 aromatic heterocycles. The summed E-state index contributed by atoms with van der Waals surface area (Å²) in [5, 5.41) is 14.1. The Labute approximate surface area is 104 Å². The van der Waals surface area contributed by atoms with Crippen LogP contribution in [0.5, 0.6) is 0 Å². The maximum absolute atomic E-state index is 13.9. The van der Waals surface area contributed by atoms with Crippen LogP contribution < -0.4 is 0 Å². The van der Waals surface area contributed by atoms with Crippen LogP contribution in [0.3, 0.4) is 0 Å². The second-order valence-corrected chi connectivity index (χ2v) is 4.30. The Morgan fingerprint density at radius 1 is 1.28 bits per heavy atom. The van der Waals surface area contributed by atoms with Crippen molar-refractivity contribution in [3.05, 3.63) is 52.3 Å². The Hall–Kier alpha value is -1.75. The first-order chi connectivity index (χ1) is 8.43. The van der Waals surface area contributed by atoms with Gasteiger partial charge in [0.25, 0.3) is 0 Å². The largest absolute Gasteiger partial charge is 0.383 e. The summed E-state index contributed by atoms with van der Waals surface area (Å²) in [7, 11) is 1.70. The zero-order valence-electron chi connectivity index (χ0n) is 10.4. The van der Waals surface area contributed by atoms with Gasteiger partial charge in [0.15, 0.2) is 0 Å². The fourth-order valence-corrected chi connectivity index (χ4v) is 1.87. The van der Waals surface area contributed by atoms with E-state index in [1.807, 2.05) is 0 Å². The molecule has 0 bridgehead atoms. The van der Waals surface area contributed by atoms with Crippen molar-refractivity contribution in [2.45, 2.75) is 20.0 Å². The third kappa shape index (κ3) is 1.90. The molecule has 1 atom stereocenters. The standard InChI is InChI=1S/C13H14F2N2O/c1-7-4-5-10(14)11(12(7)15)13(18)9-6-16-17(3)8(9)2/h4-6,13,18H,1-3H3. The van der Waals surface area contributed by atoms with Gasteiger partial charge in [-0.2, -0.15) is 5.10 Å². The average molecular weight is 252 g/mol. The van der Waals surface area contributed by atoms with Crippen LogP contribution >= 0.6 is 0 Å². The molecule has 2 aromatic rings. The molecule has 2 rings (SSSR count). The van der Waals surface area contributed by atoms with Gasteiger partial charge in [0.05, 0.1) is 11.8 Å². The zero-order valence-corrected chi connectivity index (χ0v) is 10.4. The maximum atomic E-state index is 13.9. The molecule has 0 aliphatic heterocycles. The summed E-state index contributed by atoms with van der Waals surface area (Å²) in [5.41, 5.74) is 1.04. The molecule has 0 saturated carbocycles. The third-order valence-electron chi connectivity index (χ3n) is 3.16. The summed E-state index contributed by atoms with van der Waals surface area (Å²) in [5.74, 6) is -1.47. The molecule has 1 unspecified atom stereocenters. The lowest BCUT2D eigenvalue weighted by Crippen LogP contribution is -2.08. The number of benzene rings is 1. The molecule has 0 radical (unpaired) electrons. The predicted octanol–water partition coefficient (Wildman–Crippen LogP) is 2.40. The third-order valence-corrected chi connectivity index (χ3v) is 3.16. The predicted molar refractivity (Wildman–Crippen MR) is 63.1 cm³/mol. The van der Waals surface area contributed by atoms with E-state index in [2.05, 4.69) is 5.10 Å². The number of halogens is 2. The van der Waals surface area contributed by atoms with Gasteiger partial charge < -0.3 is 5.11 Å². The summed E-state index contributed by atoms with van der Waals surface area (Å²) in [6.07, 6.45) is 0.0694. The van der Waals surface area contributed by atoms with E-state index < -0.39 is 17.7 Å². The first kappa shape index (κ1) is 12.7. The van der Waals surface area contributed by atoms with E-state index in [0.717, 1.165) is 6.07 Å². The van der Waals surface area contributed by atoms with E-state index in [-0.39, 0.29) is 5.56 Å². The normalized spacial score (nSPS) is 12.8. The molecule has 1 heterocycles. The van der Waals surface area contributed by atoms with Crippen LogP contribution in [0.15, 0.2) is 18.3 Å². The molecular formula is C13H14F2N2O. The molecule has 0 spiro atoms. The van der Waals surface area contributed by atoms with Gasteiger partial charge in [0.2, 0.25) is 0 Å². The summed E-state index contributed by atoms with van der Waals surface area (Å²) in [4.78, 5) is 0. The van der Waals surface area contributed by atoms with Gasteiger partial charge in [-0.1, -0.05) is 6.07 Å². The minimum atomic E-state index is -1.35. The molecule has 0 amide bonds. The van der Waals surface area contributed by atoms with Crippen molar-refractivity contribution in [2.75, 3.05) is 0 Å². The molecule has 5 heteroatoms. The fourth-order valence-electron chi connectivity index (χ4n) is 1.87. The van der Waals surface area contributed by atoms with Gasteiger partial charge in [-0.05, 0) is 25.5 Å². The molecule has 0 fully saturated rings. The molecule has 0 aliphatic rings. The van der Waals surface area contributed by atoms with Gasteiger partial charge >= 0.3 is 0 Å². The highest BCUT2D eigenvalue weighted by Crippen LogP contribution is 2.29. The highest BCUT2D eigenvalue weighted by molar-refractivity contribution is 5.35. The first-order valence-corrected chi connectivity index (χ1v) is 5.54. The number of aromatic nitrogens is 2. The second kappa shape index (κ2) is 4.49. The Morgan fingerprint density at radius 2 is 1.94 bits per heavy atom. The molecule has 1 aromatic carbocycles. The minimum absolute atomic E-state index is 0.298. The fraction of sp³-hybridized carbons (Fsp3) is 0.308. The minimum Gasteiger partial charge on any atom is -0.383 e. The second-order valence-electron chi connectivity index (χ2n) is 4.30. The highest BCUT2D eigenvalue weighted by Gasteiger charge is 2.23. The molecule has 0 aliphatic carbocycles. The van der Waals surface area contributed by atoms with Crippen molar-refractivity contribution in [1.29, 1.82) is 0 Å². The topological polar surface area (TPSA) is 38.1 Å². The lowest BCUT2D eigenvalue weighted by molar-refractivity contribution is 0.208. The van der Waals surface area contributed by atoms with Gasteiger partial charge in [0, 0.05) is 18.3 Å². The maximum Gasteiger partial charge on any atom is 0.135 e. The number of hydrogen-bond donors (Lipinski definition) is 1. The van der Waals surface area contributed by atoms with Crippen molar-refractivity contribution >= 4 is 0 Å². The molecule has 1 N–H and O–H groups in total. The van der Waals surface area contributed by atoms with Gasteiger partial charge in [0.1, 0.15) is 17.7 Å².